The molecule has 1 N–H and O–H groups in total. The molecule has 1 atom stereocenters. The average Bonchev–Trinajstić information content (AvgIpc) is 2.85. The molecule has 0 spiro atoms. The van der Waals surface area contributed by atoms with Crippen LogP contribution in [-0.2, 0) is 10.0 Å². The van der Waals surface area contributed by atoms with E-state index in [1.807, 2.05) is 13.8 Å². The molecule has 0 saturated heterocycles. The van der Waals surface area contributed by atoms with Gasteiger partial charge in [-0.05, 0) is 37.6 Å². The zero-order chi connectivity index (χ0) is 14.8. The van der Waals surface area contributed by atoms with Crippen molar-refractivity contribution in [3.05, 3.63) is 41.0 Å². The standard InChI is InChI=1S/C13H16BrN3O2S/c1-3-10(2)17-13(8-9-15-17)16-20(18,19)12-6-4-11(14)5-7-12/h4-10,16H,3H2,1-2H3. The zero-order valence-corrected chi connectivity index (χ0v) is 13.6. The predicted molar refractivity (Wildman–Crippen MR) is 82.2 cm³/mol. The smallest absolute Gasteiger partial charge is 0.263 e. The van der Waals surface area contributed by atoms with Crippen LogP contribution in [0.3, 0.4) is 0 Å². The SMILES string of the molecule is CCC(C)n1nccc1NS(=O)(=O)c1ccc(Br)cc1. The quantitative estimate of drug-likeness (QED) is 0.891. The van der Waals surface area contributed by atoms with E-state index >= 15 is 0 Å². The van der Waals surface area contributed by atoms with E-state index in [1.54, 1.807) is 41.2 Å². The normalized spacial score (nSPS) is 13.2. The number of rotatable bonds is 5. The summed E-state index contributed by atoms with van der Waals surface area (Å²) in [5.41, 5.74) is 0. The number of benzene rings is 1. The van der Waals surface area contributed by atoms with E-state index in [4.69, 9.17) is 0 Å². The van der Waals surface area contributed by atoms with Crippen molar-refractivity contribution in [2.75, 3.05) is 4.72 Å². The van der Waals surface area contributed by atoms with Crippen molar-refractivity contribution in [3.63, 3.8) is 0 Å². The van der Waals surface area contributed by atoms with Crippen molar-refractivity contribution in [2.45, 2.75) is 31.2 Å². The first-order valence-electron chi connectivity index (χ1n) is 6.26. The van der Waals surface area contributed by atoms with Crippen molar-refractivity contribution in [3.8, 4) is 0 Å². The van der Waals surface area contributed by atoms with Gasteiger partial charge in [-0.2, -0.15) is 5.10 Å². The second-order valence-electron chi connectivity index (χ2n) is 4.48. The maximum absolute atomic E-state index is 12.3. The van der Waals surface area contributed by atoms with Gasteiger partial charge in [0.2, 0.25) is 0 Å². The Kier molecular flexibility index (Phi) is 4.49. The van der Waals surface area contributed by atoms with E-state index < -0.39 is 10.0 Å². The van der Waals surface area contributed by atoms with Gasteiger partial charge in [0.05, 0.1) is 17.1 Å². The van der Waals surface area contributed by atoms with E-state index in [0.717, 1.165) is 10.9 Å². The Bertz CT molecular complexity index is 680. The average molecular weight is 358 g/mol. The molecule has 0 bridgehead atoms. The summed E-state index contributed by atoms with van der Waals surface area (Å²) in [6.45, 7) is 4.02. The van der Waals surface area contributed by atoms with E-state index in [2.05, 4.69) is 25.8 Å². The van der Waals surface area contributed by atoms with Crippen LogP contribution in [0.25, 0.3) is 0 Å². The Morgan fingerprint density at radius 2 is 1.95 bits per heavy atom. The lowest BCUT2D eigenvalue weighted by Gasteiger charge is -2.15. The Labute approximate surface area is 127 Å². The summed E-state index contributed by atoms with van der Waals surface area (Å²) in [5.74, 6) is 0.474. The topological polar surface area (TPSA) is 64.0 Å². The van der Waals surface area contributed by atoms with Gasteiger partial charge in [0, 0.05) is 10.5 Å². The van der Waals surface area contributed by atoms with Crippen LogP contribution in [0.4, 0.5) is 5.82 Å². The van der Waals surface area contributed by atoms with Crippen LogP contribution in [0.5, 0.6) is 0 Å². The van der Waals surface area contributed by atoms with Gasteiger partial charge in [0.1, 0.15) is 5.82 Å². The van der Waals surface area contributed by atoms with E-state index in [9.17, 15) is 8.42 Å². The number of nitrogens with one attached hydrogen (secondary N) is 1. The van der Waals surface area contributed by atoms with Gasteiger partial charge in [0.15, 0.2) is 0 Å². The van der Waals surface area contributed by atoms with Gasteiger partial charge in [-0.3, -0.25) is 4.72 Å². The van der Waals surface area contributed by atoms with Crippen LogP contribution >= 0.6 is 15.9 Å². The fraction of sp³-hybridized carbons (Fsp3) is 0.308. The lowest BCUT2D eigenvalue weighted by molar-refractivity contribution is 0.484. The summed E-state index contributed by atoms with van der Waals surface area (Å²) < 4.78 is 29.7. The summed E-state index contributed by atoms with van der Waals surface area (Å²) in [4.78, 5) is 0.220. The Morgan fingerprint density at radius 3 is 2.55 bits per heavy atom. The van der Waals surface area contributed by atoms with Crippen LogP contribution < -0.4 is 4.72 Å². The van der Waals surface area contributed by atoms with Crippen molar-refractivity contribution in [1.29, 1.82) is 0 Å². The van der Waals surface area contributed by atoms with Crippen molar-refractivity contribution >= 4 is 31.8 Å². The molecule has 0 aliphatic heterocycles. The molecule has 0 aliphatic rings. The monoisotopic (exact) mass is 357 g/mol. The molecule has 1 aromatic heterocycles. The number of aromatic nitrogens is 2. The third-order valence-corrected chi connectivity index (χ3v) is 4.94. The van der Waals surface area contributed by atoms with Crippen LogP contribution in [0.15, 0.2) is 45.9 Å². The number of hydrogen-bond acceptors (Lipinski definition) is 3. The first kappa shape index (κ1) is 15.1. The molecule has 5 nitrogen and oxygen atoms in total. The zero-order valence-electron chi connectivity index (χ0n) is 11.2. The Hall–Kier alpha value is -1.34. The van der Waals surface area contributed by atoms with Gasteiger partial charge in [-0.1, -0.05) is 22.9 Å². The second-order valence-corrected chi connectivity index (χ2v) is 7.08. The molecule has 0 saturated carbocycles. The highest BCUT2D eigenvalue weighted by Gasteiger charge is 2.17. The largest absolute Gasteiger partial charge is 0.264 e. The molecule has 2 aromatic rings. The summed E-state index contributed by atoms with van der Waals surface area (Å²) >= 11 is 3.28. The fourth-order valence-electron chi connectivity index (χ4n) is 1.73. The maximum atomic E-state index is 12.3. The third kappa shape index (κ3) is 3.21. The van der Waals surface area contributed by atoms with E-state index in [-0.39, 0.29) is 10.9 Å². The van der Waals surface area contributed by atoms with Gasteiger partial charge in [-0.15, -0.1) is 0 Å². The third-order valence-electron chi connectivity index (χ3n) is 3.04. The van der Waals surface area contributed by atoms with Crippen molar-refractivity contribution in [2.24, 2.45) is 0 Å². The molecule has 108 valence electrons. The van der Waals surface area contributed by atoms with Crippen molar-refractivity contribution in [1.82, 2.24) is 9.78 Å². The number of sulfonamides is 1. The first-order valence-corrected chi connectivity index (χ1v) is 8.53. The minimum Gasteiger partial charge on any atom is -0.264 e. The molecule has 0 radical (unpaired) electrons. The predicted octanol–water partition coefficient (Wildman–Crippen LogP) is 3.42. The van der Waals surface area contributed by atoms with Crippen LogP contribution in [0, 0.1) is 0 Å². The number of halogens is 1. The highest BCUT2D eigenvalue weighted by Crippen LogP contribution is 2.21. The minimum atomic E-state index is -3.60. The highest BCUT2D eigenvalue weighted by molar-refractivity contribution is 9.10. The van der Waals surface area contributed by atoms with Crippen LogP contribution in [0.1, 0.15) is 26.3 Å². The van der Waals surface area contributed by atoms with Crippen LogP contribution in [-0.4, -0.2) is 18.2 Å². The Morgan fingerprint density at radius 1 is 1.30 bits per heavy atom. The first-order chi connectivity index (χ1) is 9.44. The highest BCUT2D eigenvalue weighted by atomic mass is 79.9. The van der Waals surface area contributed by atoms with Gasteiger partial charge >= 0.3 is 0 Å². The van der Waals surface area contributed by atoms with Crippen molar-refractivity contribution < 1.29 is 8.42 Å². The van der Waals surface area contributed by atoms with Gasteiger partial charge in [0.25, 0.3) is 10.0 Å². The van der Waals surface area contributed by atoms with E-state index in [1.165, 1.54) is 0 Å². The van der Waals surface area contributed by atoms with Gasteiger partial charge < -0.3 is 0 Å². The summed E-state index contributed by atoms with van der Waals surface area (Å²) in [6.07, 6.45) is 2.46. The molecular formula is C13H16BrN3O2S. The molecule has 0 fully saturated rings. The molecule has 1 unspecified atom stereocenters. The lowest BCUT2D eigenvalue weighted by Crippen LogP contribution is -2.17. The molecule has 0 amide bonds. The molecule has 0 aliphatic carbocycles. The summed E-state index contributed by atoms with van der Waals surface area (Å²) in [6, 6.07) is 8.28. The summed E-state index contributed by atoms with van der Waals surface area (Å²) in [5, 5.41) is 4.16. The number of hydrogen-bond donors (Lipinski definition) is 1. The molecular weight excluding hydrogens is 342 g/mol. The molecule has 1 aromatic carbocycles. The summed E-state index contributed by atoms with van der Waals surface area (Å²) in [7, 11) is -3.60. The van der Waals surface area contributed by atoms with Crippen LogP contribution in [0.2, 0.25) is 0 Å². The number of anilines is 1. The number of nitrogens with zero attached hydrogens (tertiary/aromatic N) is 2. The minimum absolute atomic E-state index is 0.132. The fourth-order valence-corrected chi connectivity index (χ4v) is 3.04. The maximum Gasteiger partial charge on any atom is 0.263 e. The van der Waals surface area contributed by atoms with Gasteiger partial charge in [-0.25, -0.2) is 13.1 Å². The molecule has 1 heterocycles. The Balaban J connectivity index is 2.29. The lowest BCUT2D eigenvalue weighted by atomic mass is 10.3. The molecule has 7 heteroatoms. The molecule has 2 rings (SSSR count). The van der Waals surface area contributed by atoms with E-state index in [0.29, 0.717) is 5.82 Å². The molecule has 20 heavy (non-hydrogen) atoms. The second kappa shape index (κ2) is 5.97.